The van der Waals surface area contributed by atoms with Crippen LogP contribution in [-0.4, -0.2) is 17.7 Å². The Labute approximate surface area is 99.9 Å². The molecule has 94 valence electrons. The molecule has 1 aromatic carbocycles. The first-order chi connectivity index (χ1) is 8.13. The van der Waals surface area contributed by atoms with Gasteiger partial charge in [0.25, 0.3) is 0 Å². The van der Waals surface area contributed by atoms with Crippen LogP contribution in [0.1, 0.15) is 31.7 Å². The van der Waals surface area contributed by atoms with E-state index in [1.165, 1.54) is 12.1 Å². The molecule has 17 heavy (non-hydrogen) atoms. The molecule has 0 saturated carbocycles. The van der Waals surface area contributed by atoms with Crippen molar-refractivity contribution in [3.63, 3.8) is 0 Å². The fourth-order valence-corrected chi connectivity index (χ4v) is 2.41. The van der Waals surface area contributed by atoms with Gasteiger partial charge in [-0.05, 0) is 43.9 Å². The summed E-state index contributed by atoms with van der Waals surface area (Å²) < 4.78 is 27.7. The molecule has 0 aliphatic carbocycles. The number of nitrogens with zero attached hydrogens (tertiary/aromatic N) is 1. The Morgan fingerprint density at radius 3 is 2.47 bits per heavy atom. The molecule has 1 aliphatic heterocycles. The van der Waals surface area contributed by atoms with E-state index in [4.69, 9.17) is 5.11 Å². The number of hydrogen-bond donors (Lipinski definition) is 1. The van der Waals surface area contributed by atoms with Gasteiger partial charge in [0, 0.05) is 12.6 Å². The van der Waals surface area contributed by atoms with Gasteiger partial charge in [0.2, 0.25) is 0 Å². The van der Waals surface area contributed by atoms with Crippen LogP contribution in [0, 0.1) is 11.6 Å². The highest BCUT2D eigenvalue weighted by Crippen LogP contribution is 2.30. The highest BCUT2D eigenvalue weighted by Gasteiger charge is 2.24. The van der Waals surface area contributed by atoms with Crippen LogP contribution in [0.4, 0.5) is 14.5 Å². The molecular weight excluding hydrogens is 224 g/mol. The summed E-state index contributed by atoms with van der Waals surface area (Å²) in [6.45, 7) is 2.33. The second kappa shape index (κ2) is 5.00. The SMILES string of the molecule is CC1CCCCN1c1c(F)cc(CO)cc1F. The maximum Gasteiger partial charge on any atom is 0.149 e. The summed E-state index contributed by atoms with van der Waals surface area (Å²) in [4.78, 5) is 1.79. The highest BCUT2D eigenvalue weighted by molar-refractivity contribution is 5.51. The third-order valence-corrected chi connectivity index (χ3v) is 3.35. The van der Waals surface area contributed by atoms with Gasteiger partial charge in [-0.3, -0.25) is 0 Å². The van der Waals surface area contributed by atoms with E-state index in [2.05, 4.69) is 0 Å². The monoisotopic (exact) mass is 241 g/mol. The Kier molecular flexibility index (Phi) is 3.62. The molecule has 2 nitrogen and oxygen atoms in total. The van der Waals surface area contributed by atoms with Gasteiger partial charge in [-0.2, -0.15) is 0 Å². The molecule has 1 unspecified atom stereocenters. The standard InChI is InChI=1S/C13H17F2NO/c1-9-4-2-3-5-16(9)13-11(14)6-10(8-17)7-12(13)15/h6-7,9,17H,2-5,8H2,1H3. The third-order valence-electron chi connectivity index (χ3n) is 3.35. The molecule has 1 aliphatic rings. The molecule has 2 rings (SSSR count). The van der Waals surface area contributed by atoms with E-state index in [9.17, 15) is 8.78 Å². The third kappa shape index (κ3) is 2.41. The average Bonchev–Trinajstić information content (AvgIpc) is 2.30. The molecule has 1 saturated heterocycles. The topological polar surface area (TPSA) is 23.5 Å². The van der Waals surface area contributed by atoms with Crippen molar-refractivity contribution in [1.82, 2.24) is 0 Å². The molecule has 4 heteroatoms. The van der Waals surface area contributed by atoms with Gasteiger partial charge in [-0.25, -0.2) is 8.78 Å². The number of anilines is 1. The number of benzene rings is 1. The number of aliphatic hydroxyl groups excluding tert-OH is 1. The second-order valence-corrected chi connectivity index (χ2v) is 4.60. The molecule has 1 fully saturated rings. The quantitative estimate of drug-likeness (QED) is 0.860. The number of rotatable bonds is 2. The van der Waals surface area contributed by atoms with Crippen LogP contribution in [0.2, 0.25) is 0 Å². The summed E-state index contributed by atoms with van der Waals surface area (Å²) >= 11 is 0. The van der Waals surface area contributed by atoms with Gasteiger partial charge < -0.3 is 10.0 Å². The van der Waals surface area contributed by atoms with Crippen LogP contribution in [0.5, 0.6) is 0 Å². The lowest BCUT2D eigenvalue weighted by Crippen LogP contribution is -2.38. The maximum atomic E-state index is 13.9. The number of hydrogen-bond acceptors (Lipinski definition) is 2. The lowest BCUT2D eigenvalue weighted by molar-refractivity contribution is 0.280. The molecule has 1 atom stereocenters. The van der Waals surface area contributed by atoms with Gasteiger partial charge in [0.1, 0.15) is 17.3 Å². The summed E-state index contributed by atoms with van der Waals surface area (Å²) in [5.74, 6) is -1.16. The molecule has 1 N–H and O–H groups in total. The molecule has 1 aromatic rings. The van der Waals surface area contributed by atoms with Gasteiger partial charge in [0.15, 0.2) is 0 Å². The Morgan fingerprint density at radius 2 is 1.94 bits per heavy atom. The van der Waals surface area contributed by atoms with Crippen LogP contribution in [-0.2, 0) is 6.61 Å². The lowest BCUT2D eigenvalue weighted by Gasteiger charge is -2.35. The Balaban J connectivity index is 2.37. The Morgan fingerprint density at radius 1 is 1.29 bits per heavy atom. The second-order valence-electron chi connectivity index (χ2n) is 4.60. The van der Waals surface area contributed by atoms with Crippen molar-refractivity contribution in [3.8, 4) is 0 Å². The Hall–Kier alpha value is -1.16. The first-order valence-corrected chi connectivity index (χ1v) is 5.99. The summed E-state index contributed by atoms with van der Waals surface area (Å²) in [6, 6.07) is 2.58. The van der Waals surface area contributed by atoms with Crippen molar-refractivity contribution in [3.05, 3.63) is 29.3 Å². The van der Waals surface area contributed by atoms with Crippen molar-refractivity contribution in [1.29, 1.82) is 0 Å². The molecule has 0 amide bonds. The molecular formula is C13H17F2NO. The Bertz CT molecular complexity index is 385. The predicted molar refractivity (Wildman–Crippen MR) is 62.9 cm³/mol. The summed E-state index contributed by atoms with van der Waals surface area (Å²) in [5.41, 5.74) is 0.322. The van der Waals surface area contributed by atoms with Crippen LogP contribution in [0.3, 0.4) is 0 Å². The van der Waals surface area contributed by atoms with Gasteiger partial charge in [-0.1, -0.05) is 0 Å². The van der Waals surface area contributed by atoms with E-state index < -0.39 is 11.6 Å². The van der Waals surface area contributed by atoms with Crippen LogP contribution in [0.25, 0.3) is 0 Å². The predicted octanol–water partition coefficient (Wildman–Crippen LogP) is 2.84. The zero-order valence-electron chi connectivity index (χ0n) is 9.92. The van der Waals surface area contributed by atoms with Gasteiger partial charge in [0.05, 0.1) is 6.61 Å². The summed E-state index contributed by atoms with van der Waals surface area (Å²) in [7, 11) is 0. The van der Waals surface area contributed by atoms with Gasteiger partial charge >= 0.3 is 0 Å². The van der Waals surface area contributed by atoms with Crippen molar-refractivity contribution in [2.24, 2.45) is 0 Å². The average molecular weight is 241 g/mol. The number of piperidine rings is 1. The van der Waals surface area contributed by atoms with Crippen LogP contribution in [0.15, 0.2) is 12.1 Å². The van der Waals surface area contributed by atoms with E-state index in [1.807, 2.05) is 6.92 Å². The van der Waals surface area contributed by atoms with Crippen molar-refractivity contribution < 1.29 is 13.9 Å². The maximum absolute atomic E-state index is 13.9. The summed E-state index contributed by atoms with van der Waals surface area (Å²) in [6.07, 6.45) is 3.03. The molecule has 1 heterocycles. The largest absolute Gasteiger partial charge is 0.392 e. The van der Waals surface area contributed by atoms with Crippen molar-refractivity contribution in [2.45, 2.75) is 38.8 Å². The molecule has 0 radical (unpaired) electrons. The number of aliphatic hydroxyl groups is 1. The fourth-order valence-electron chi connectivity index (χ4n) is 2.41. The van der Waals surface area contributed by atoms with E-state index in [-0.39, 0.29) is 23.9 Å². The number of halogens is 2. The van der Waals surface area contributed by atoms with Gasteiger partial charge in [-0.15, -0.1) is 0 Å². The smallest absolute Gasteiger partial charge is 0.149 e. The summed E-state index contributed by atoms with van der Waals surface area (Å²) in [5, 5.41) is 8.89. The van der Waals surface area contributed by atoms with E-state index in [0.717, 1.165) is 19.3 Å². The normalized spacial score (nSPS) is 20.7. The molecule has 0 bridgehead atoms. The lowest BCUT2D eigenvalue weighted by atomic mass is 10.0. The van der Waals surface area contributed by atoms with Crippen molar-refractivity contribution >= 4 is 5.69 Å². The molecule has 0 aromatic heterocycles. The van der Waals surface area contributed by atoms with E-state index >= 15 is 0 Å². The zero-order valence-corrected chi connectivity index (χ0v) is 9.92. The minimum Gasteiger partial charge on any atom is -0.392 e. The van der Waals surface area contributed by atoms with E-state index in [0.29, 0.717) is 6.54 Å². The van der Waals surface area contributed by atoms with Crippen LogP contribution >= 0.6 is 0 Å². The highest BCUT2D eigenvalue weighted by atomic mass is 19.1. The zero-order chi connectivity index (χ0) is 12.4. The minimum atomic E-state index is -0.581. The minimum absolute atomic E-state index is 0.0504. The van der Waals surface area contributed by atoms with E-state index in [1.54, 1.807) is 4.90 Å². The van der Waals surface area contributed by atoms with Crippen molar-refractivity contribution in [2.75, 3.05) is 11.4 Å². The first-order valence-electron chi connectivity index (χ1n) is 5.99. The molecule has 0 spiro atoms. The van der Waals surface area contributed by atoms with Crippen LogP contribution < -0.4 is 4.90 Å². The first kappa shape index (κ1) is 12.3. The fraction of sp³-hybridized carbons (Fsp3) is 0.538.